The number of imidazole rings is 1. The molecule has 1 saturated heterocycles. The van der Waals surface area contributed by atoms with Crippen LogP contribution in [-0.4, -0.2) is 22.3 Å². The third kappa shape index (κ3) is 1.93. The van der Waals surface area contributed by atoms with Gasteiger partial charge in [0.2, 0.25) is 5.95 Å². The van der Waals surface area contributed by atoms with Gasteiger partial charge in [0.15, 0.2) is 0 Å². The minimum absolute atomic E-state index is 0.0796. The van der Waals surface area contributed by atoms with Crippen LogP contribution in [0.25, 0.3) is 11.0 Å². The molecular formula is C12H13ClFN3O. The minimum Gasteiger partial charge on any atom is -0.376 e. The molecule has 1 unspecified atom stereocenters. The van der Waals surface area contributed by atoms with Crippen LogP contribution >= 0.6 is 11.6 Å². The molecule has 2 heterocycles. The van der Waals surface area contributed by atoms with Gasteiger partial charge in [-0.2, -0.15) is 0 Å². The lowest BCUT2D eigenvalue weighted by atomic mass is 10.2. The number of benzene rings is 1. The van der Waals surface area contributed by atoms with Crippen molar-refractivity contribution >= 4 is 28.6 Å². The average molecular weight is 270 g/mol. The SMILES string of the molecule is Nc1nc2cc(F)c(Cl)cc2n1CC1CCCO1. The summed E-state index contributed by atoms with van der Waals surface area (Å²) >= 11 is 5.80. The first-order valence-electron chi connectivity index (χ1n) is 5.87. The Bertz CT molecular complexity index is 593. The van der Waals surface area contributed by atoms with Crippen molar-refractivity contribution in [1.82, 2.24) is 9.55 Å². The number of halogens is 2. The van der Waals surface area contributed by atoms with Crippen molar-refractivity contribution in [1.29, 1.82) is 0 Å². The van der Waals surface area contributed by atoms with Crippen LogP contribution in [-0.2, 0) is 11.3 Å². The maximum absolute atomic E-state index is 13.3. The van der Waals surface area contributed by atoms with Crippen LogP contribution in [0.3, 0.4) is 0 Å². The Balaban J connectivity index is 2.04. The zero-order valence-electron chi connectivity index (χ0n) is 9.70. The highest BCUT2D eigenvalue weighted by atomic mass is 35.5. The molecule has 1 aliphatic rings. The number of ether oxygens (including phenoxy) is 1. The molecule has 0 aliphatic carbocycles. The van der Waals surface area contributed by atoms with Crippen LogP contribution in [0.15, 0.2) is 12.1 Å². The van der Waals surface area contributed by atoms with E-state index in [-0.39, 0.29) is 11.1 Å². The van der Waals surface area contributed by atoms with Gasteiger partial charge in [0.25, 0.3) is 0 Å². The van der Waals surface area contributed by atoms with Gasteiger partial charge in [-0.05, 0) is 18.9 Å². The second-order valence-electron chi connectivity index (χ2n) is 4.47. The number of nitrogens with zero attached hydrogens (tertiary/aromatic N) is 2. The third-order valence-corrected chi connectivity index (χ3v) is 3.52. The van der Waals surface area contributed by atoms with Gasteiger partial charge in [0, 0.05) is 12.7 Å². The van der Waals surface area contributed by atoms with Crippen molar-refractivity contribution in [2.45, 2.75) is 25.5 Å². The summed E-state index contributed by atoms with van der Waals surface area (Å²) in [7, 11) is 0. The molecule has 1 atom stereocenters. The van der Waals surface area contributed by atoms with E-state index in [1.165, 1.54) is 6.07 Å². The van der Waals surface area contributed by atoms with Crippen molar-refractivity contribution in [2.24, 2.45) is 0 Å². The van der Waals surface area contributed by atoms with E-state index in [1.807, 2.05) is 4.57 Å². The maximum Gasteiger partial charge on any atom is 0.201 e. The maximum atomic E-state index is 13.3. The Labute approximate surface area is 108 Å². The molecule has 4 nitrogen and oxygen atoms in total. The quantitative estimate of drug-likeness (QED) is 0.912. The fraction of sp³-hybridized carbons (Fsp3) is 0.417. The summed E-state index contributed by atoms with van der Waals surface area (Å²) in [6.45, 7) is 1.41. The molecule has 0 saturated carbocycles. The fourth-order valence-corrected chi connectivity index (χ4v) is 2.48. The molecule has 1 fully saturated rings. The monoisotopic (exact) mass is 269 g/mol. The smallest absolute Gasteiger partial charge is 0.201 e. The highest BCUT2D eigenvalue weighted by Crippen LogP contribution is 2.26. The summed E-state index contributed by atoms with van der Waals surface area (Å²) < 4.78 is 20.8. The summed E-state index contributed by atoms with van der Waals surface area (Å²) in [5.41, 5.74) is 7.13. The van der Waals surface area contributed by atoms with E-state index < -0.39 is 5.82 Å². The molecule has 0 spiro atoms. The molecule has 96 valence electrons. The van der Waals surface area contributed by atoms with Crippen molar-refractivity contribution in [2.75, 3.05) is 12.3 Å². The topological polar surface area (TPSA) is 53.1 Å². The van der Waals surface area contributed by atoms with E-state index >= 15 is 0 Å². The Morgan fingerprint density at radius 1 is 1.56 bits per heavy atom. The normalized spacial score (nSPS) is 19.8. The number of anilines is 1. The van der Waals surface area contributed by atoms with Crippen LogP contribution in [0, 0.1) is 5.82 Å². The van der Waals surface area contributed by atoms with E-state index in [1.54, 1.807) is 6.07 Å². The highest BCUT2D eigenvalue weighted by molar-refractivity contribution is 6.31. The number of fused-ring (bicyclic) bond motifs is 1. The second-order valence-corrected chi connectivity index (χ2v) is 4.88. The standard InChI is InChI=1S/C12H13ClFN3O/c13-8-4-11-10(5-9(8)14)16-12(15)17(11)6-7-2-1-3-18-7/h4-5,7H,1-3,6H2,(H2,15,16). The molecule has 2 aromatic rings. The number of nitrogen functional groups attached to an aromatic ring is 1. The molecule has 2 N–H and O–H groups in total. The highest BCUT2D eigenvalue weighted by Gasteiger charge is 2.19. The van der Waals surface area contributed by atoms with Crippen molar-refractivity contribution in [3.63, 3.8) is 0 Å². The Morgan fingerprint density at radius 2 is 2.39 bits per heavy atom. The number of hydrogen-bond donors (Lipinski definition) is 1. The molecule has 18 heavy (non-hydrogen) atoms. The van der Waals surface area contributed by atoms with Crippen LogP contribution in [0.5, 0.6) is 0 Å². The predicted octanol–water partition coefficient (Wildman–Crippen LogP) is 2.59. The van der Waals surface area contributed by atoms with Crippen molar-refractivity contribution in [3.05, 3.63) is 23.0 Å². The van der Waals surface area contributed by atoms with Gasteiger partial charge in [0.05, 0.1) is 28.7 Å². The molecule has 3 rings (SSSR count). The molecule has 0 amide bonds. The van der Waals surface area contributed by atoms with Crippen molar-refractivity contribution in [3.8, 4) is 0 Å². The van der Waals surface area contributed by atoms with Gasteiger partial charge in [-0.3, -0.25) is 0 Å². The molecule has 1 aromatic carbocycles. The number of hydrogen-bond acceptors (Lipinski definition) is 3. The van der Waals surface area contributed by atoms with E-state index in [0.29, 0.717) is 18.0 Å². The van der Waals surface area contributed by atoms with Gasteiger partial charge in [-0.15, -0.1) is 0 Å². The van der Waals surface area contributed by atoms with E-state index in [0.717, 1.165) is 25.0 Å². The zero-order chi connectivity index (χ0) is 12.7. The average Bonchev–Trinajstić information content (AvgIpc) is 2.92. The summed E-state index contributed by atoms with van der Waals surface area (Å²) in [6, 6.07) is 2.87. The summed E-state index contributed by atoms with van der Waals surface area (Å²) in [5, 5.41) is 0.0796. The first-order chi connectivity index (χ1) is 8.65. The molecule has 1 aliphatic heterocycles. The van der Waals surface area contributed by atoms with Crippen LogP contribution in [0.2, 0.25) is 5.02 Å². The van der Waals surface area contributed by atoms with Crippen LogP contribution in [0.4, 0.5) is 10.3 Å². The molecule has 0 bridgehead atoms. The lowest BCUT2D eigenvalue weighted by molar-refractivity contribution is 0.0984. The fourth-order valence-electron chi connectivity index (χ4n) is 2.32. The molecule has 0 radical (unpaired) electrons. The largest absolute Gasteiger partial charge is 0.376 e. The van der Waals surface area contributed by atoms with Crippen LogP contribution < -0.4 is 5.73 Å². The van der Waals surface area contributed by atoms with Gasteiger partial charge in [0.1, 0.15) is 5.82 Å². The number of rotatable bonds is 2. The first-order valence-corrected chi connectivity index (χ1v) is 6.25. The Morgan fingerprint density at radius 3 is 3.11 bits per heavy atom. The van der Waals surface area contributed by atoms with Crippen molar-refractivity contribution < 1.29 is 9.13 Å². The minimum atomic E-state index is -0.481. The summed E-state index contributed by atoms with van der Waals surface area (Å²) in [6.07, 6.45) is 2.22. The Kier molecular flexibility index (Phi) is 2.87. The molecular weight excluding hydrogens is 257 g/mol. The molecule has 1 aromatic heterocycles. The Hall–Kier alpha value is -1.33. The van der Waals surface area contributed by atoms with Gasteiger partial charge in [-0.1, -0.05) is 11.6 Å². The van der Waals surface area contributed by atoms with Gasteiger partial charge < -0.3 is 15.0 Å². The molecule has 6 heteroatoms. The lowest BCUT2D eigenvalue weighted by Gasteiger charge is -2.12. The van der Waals surface area contributed by atoms with E-state index in [4.69, 9.17) is 22.1 Å². The van der Waals surface area contributed by atoms with Crippen LogP contribution in [0.1, 0.15) is 12.8 Å². The van der Waals surface area contributed by atoms with Gasteiger partial charge >= 0.3 is 0 Å². The summed E-state index contributed by atoms with van der Waals surface area (Å²) in [5.74, 6) is -0.118. The third-order valence-electron chi connectivity index (χ3n) is 3.23. The van der Waals surface area contributed by atoms with E-state index in [9.17, 15) is 4.39 Å². The first kappa shape index (κ1) is 11.7. The predicted molar refractivity (Wildman–Crippen MR) is 68.1 cm³/mol. The summed E-state index contributed by atoms with van der Waals surface area (Å²) in [4.78, 5) is 4.14. The number of nitrogens with two attached hydrogens (primary N) is 1. The zero-order valence-corrected chi connectivity index (χ0v) is 10.5. The number of aromatic nitrogens is 2. The second kappa shape index (κ2) is 4.40. The van der Waals surface area contributed by atoms with Gasteiger partial charge in [-0.25, -0.2) is 9.37 Å². The van der Waals surface area contributed by atoms with E-state index in [2.05, 4.69) is 4.98 Å². The lowest BCUT2D eigenvalue weighted by Crippen LogP contribution is -2.16.